The highest BCUT2D eigenvalue weighted by Crippen LogP contribution is 2.28. The van der Waals surface area contributed by atoms with E-state index >= 15 is 0 Å². The molecule has 0 bridgehead atoms. The number of ether oxygens (including phenoxy) is 1. The second-order valence-corrected chi connectivity index (χ2v) is 6.61. The number of methoxy groups -OCH3 is 1. The number of benzene rings is 1. The molecule has 0 radical (unpaired) electrons. The summed E-state index contributed by atoms with van der Waals surface area (Å²) in [6.07, 6.45) is 1.61. The van der Waals surface area contributed by atoms with Crippen LogP contribution in [0.15, 0.2) is 36.5 Å². The van der Waals surface area contributed by atoms with Crippen LogP contribution < -0.4 is 10.1 Å². The van der Waals surface area contributed by atoms with Crippen LogP contribution in [0.3, 0.4) is 0 Å². The summed E-state index contributed by atoms with van der Waals surface area (Å²) in [7, 11) is 1.56. The van der Waals surface area contributed by atoms with E-state index < -0.39 is 0 Å². The van der Waals surface area contributed by atoms with Crippen molar-refractivity contribution in [1.29, 1.82) is 0 Å². The van der Waals surface area contributed by atoms with Crippen LogP contribution in [0.5, 0.6) is 5.75 Å². The minimum Gasteiger partial charge on any atom is -0.495 e. The van der Waals surface area contributed by atoms with Crippen LogP contribution in [-0.2, 0) is 4.79 Å². The fourth-order valence-electron chi connectivity index (χ4n) is 2.89. The van der Waals surface area contributed by atoms with Gasteiger partial charge in [-0.25, -0.2) is 4.98 Å². The maximum absolute atomic E-state index is 12.6. The molecule has 7 nitrogen and oxygen atoms in total. The van der Waals surface area contributed by atoms with Crippen molar-refractivity contribution in [3.05, 3.63) is 47.2 Å². The van der Waals surface area contributed by atoms with E-state index in [-0.39, 0.29) is 11.8 Å². The normalized spacial score (nSPS) is 14.0. The Labute approximate surface area is 162 Å². The number of carbonyl (C=O) groups is 2. The van der Waals surface area contributed by atoms with Gasteiger partial charge in [0.2, 0.25) is 5.91 Å². The Morgan fingerprint density at radius 1 is 1.07 bits per heavy atom. The van der Waals surface area contributed by atoms with Crippen molar-refractivity contribution < 1.29 is 14.3 Å². The van der Waals surface area contributed by atoms with E-state index in [1.807, 2.05) is 6.07 Å². The highest BCUT2D eigenvalue weighted by molar-refractivity contribution is 6.32. The summed E-state index contributed by atoms with van der Waals surface area (Å²) in [6, 6.07) is 8.86. The number of pyridine rings is 1. The first kappa shape index (κ1) is 19.0. The van der Waals surface area contributed by atoms with Gasteiger partial charge in [-0.05, 0) is 30.3 Å². The molecule has 27 heavy (non-hydrogen) atoms. The predicted molar refractivity (Wildman–Crippen MR) is 104 cm³/mol. The van der Waals surface area contributed by atoms with E-state index in [0.717, 1.165) is 11.4 Å². The van der Waals surface area contributed by atoms with Gasteiger partial charge in [-0.15, -0.1) is 0 Å². The average molecular weight is 389 g/mol. The second-order valence-electron chi connectivity index (χ2n) is 6.20. The second kappa shape index (κ2) is 8.26. The van der Waals surface area contributed by atoms with Crippen LogP contribution in [0.25, 0.3) is 0 Å². The Bertz CT molecular complexity index is 833. The van der Waals surface area contributed by atoms with Gasteiger partial charge in [-0.2, -0.15) is 0 Å². The first-order valence-corrected chi connectivity index (χ1v) is 8.97. The largest absolute Gasteiger partial charge is 0.495 e. The third-order valence-corrected chi connectivity index (χ3v) is 4.73. The van der Waals surface area contributed by atoms with Gasteiger partial charge in [0.05, 0.1) is 24.0 Å². The molecule has 0 saturated carbocycles. The Morgan fingerprint density at radius 2 is 1.74 bits per heavy atom. The zero-order chi connectivity index (χ0) is 19.4. The van der Waals surface area contributed by atoms with Crippen LogP contribution in [0, 0.1) is 0 Å². The number of nitrogens with one attached hydrogen (secondary N) is 1. The van der Waals surface area contributed by atoms with E-state index in [2.05, 4.69) is 10.3 Å². The quantitative estimate of drug-likeness (QED) is 0.871. The van der Waals surface area contributed by atoms with Crippen molar-refractivity contribution in [2.24, 2.45) is 0 Å². The zero-order valence-electron chi connectivity index (χ0n) is 15.2. The molecule has 0 spiro atoms. The minimum atomic E-state index is -0.128. The molecular weight excluding hydrogens is 368 g/mol. The number of nitrogens with zero attached hydrogens (tertiary/aromatic N) is 3. The van der Waals surface area contributed by atoms with Crippen molar-refractivity contribution in [2.75, 3.05) is 38.6 Å². The Morgan fingerprint density at radius 3 is 2.30 bits per heavy atom. The highest BCUT2D eigenvalue weighted by atomic mass is 35.5. The fourth-order valence-corrected chi connectivity index (χ4v) is 3.15. The van der Waals surface area contributed by atoms with Crippen molar-refractivity contribution in [3.63, 3.8) is 0 Å². The monoisotopic (exact) mass is 388 g/mol. The van der Waals surface area contributed by atoms with Gasteiger partial charge in [-0.3, -0.25) is 9.59 Å². The summed E-state index contributed by atoms with van der Waals surface area (Å²) in [6.45, 7) is 3.69. The molecule has 2 amide bonds. The number of hydrogen-bond donors (Lipinski definition) is 1. The smallest absolute Gasteiger partial charge is 0.272 e. The lowest BCUT2D eigenvalue weighted by molar-refractivity contribution is -0.130. The summed E-state index contributed by atoms with van der Waals surface area (Å²) >= 11 is 6.12. The molecule has 8 heteroatoms. The molecule has 1 aliphatic heterocycles. The summed E-state index contributed by atoms with van der Waals surface area (Å²) in [5, 5.41) is 3.69. The van der Waals surface area contributed by atoms with Gasteiger partial charge in [0, 0.05) is 38.8 Å². The number of rotatable bonds is 4. The van der Waals surface area contributed by atoms with Crippen LogP contribution >= 0.6 is 11.6 Å². The first-order chi connectivity index (χ1) is 13.0. The number of amides is 2. The van der Waals surface area contributed by atoms with E-state index in [1.54, 1.807) is 54.3 Å². The Kier molecular flexibility index (Phi) is 5.81. The number of carbonyl (C=O) groups excluding carboxylic acids is 2. The van der Waals surface area contributed by atoms with Crippen molar-refractivity contribution in [1.82, 2.24) is 14.8 Å². The number of piperazine rings is 1. The third-order valence-electron chi connectivity index (χ3n) is 4.44. The minimum absolute atomic E-state index is 0.0364. The standard InChI is InChI=1S/C19H21ClN4O3/c1-13(25)23-7-9-24(10-8-23)19(26)17-5-3-15(12-21-17)22-14-4-6-18(27-2)16(20)11-14/h3-6,11-12,22H,7-10H2,1-2H3. The molecular formula is C19H21ClN4O3. The molecule has 2 aromatic rings. The maximum atomic E-state index is 12.6. The van der Waals surface area contributed by atoms with E-state index in [0.29, 0.717) is 42.6 Å². The van der Waals surface area contributed by atoms with Crippen LogP contribution in [0.2, 0.25) is 5.02 Å². The lowest BCUT2D eigenvalue weighted by Gasteiger charge is -2.34. The fraction of sp³-hybridized carbons (Fsp3) is 0.316. The predicted octanol–water partition coefficient (Wildman–Crippen LogP) is 2.79. The summed E-state index contributed by atoms with van der Waals surface area (Å²) < 4.78 is 5.13. The molecule has 0 atom stereocenters. The molecule has 2 heterocycles. The van der Waals surface area contributed by atoms with Gasteiger partial charge >= 0.3 is 0 Å². The van der Waals surface area contributed by atoms with Crippen molar-refractivity contribution in [3.8, 4) is 5.75 Å². The molecule has 1 saturated heterocycles. The number of hydrogen-bond acceptors (Lipinski definition) is 5. The molecule has 1 aliphatic rings. The zero-order valence-corrected chi connectivity index (χ0v) is 16.0. The highest BCUT2D eigenvalue weighted by Gasteiger charge is 2.23. The first-order valence-electron chi connectivity index (χ1n) is 8.59. The lowest BCUT2D eigenvalue weighted by atomic mass is 10.2. The van der Waals surface area contributed by atoms with E-state index in [4.69, 9.17) is 16.3 Å². The number of halogens is 1. The number of aromatic nitrogens is 1. The van der Waals surface area contributed by atoms with Crippen molar-refractivity contribution in [2.45, 2.75) is 6.92 Å². The van der Waals surface area contributed by atoms with Gasteiger partial charge in [0.25, 0.3) is 5.91 Å². The van der Waals surface area contributed by atoms with E-state index in [1.165, 1.54) is 0 Å². The van der Waals surface area contributed by atoms with Gasteiger partial charge in [0.15, 0.2) is 0 Å². The molecule has 0 unspecified atom stereocenters. The Hall–Kier alpha value is -2.80. The molecule has 1 N–H and O–H groups in total. The average Bonchev–Trinajstić information content (AvgIpc) is 2.68. The number of anilines is 2. The molecule has 1 fully saturated rings. The van der Waals surface area contributed by atoms with Gasteiger partial charge in [0.1, 0.15) is 11.4 Å². The van der Waals surface area contributed by atoms with Crippen LogP contribution in [0.1, 0.15) is 17.4 Å². The van der Waals surface area contributed by atoms with Gasteiger partial charge < -0.3 is 19.9 Å². The summed E-state index contributed by atoms with van der Waals surface area (Å²) in [4.78, 5) is 31.7. The molecule has 3 rings (SSSR count). The lowest BCUT2D eigenvalue weighted by Crippen LogP contribution is -2.50. The van der Waals surface area contributed by atoms with Crippen LogP contribution in [0.4, 0.5) is 11.4 Å². The maximum Gasteiger partial charge on any atom is 0.272 e. The molecule has 0 aliphatic carbocycles. The van der Waals surface area contributed by atoms with Crippen molar-refractivity contribution >= 4 is 34.8 Å². The topological polar surface area (TPSA) is 74.8 Å². The van der Waals surface area contributed by atoms with Crippen LogP contribution in [-0.4, -0.2) is 59.9 Å². The SMILES string of the molecule is COc1ccc(Nc2ccc(C(=O)N3CCN(C(C)=O)CC3)nc2)cc1Cl. The summed E-state index contributed by atoms with van der Waals surface area (Å²) in [5.74, 6) is 0.512. The molecule has 142 valence electrons. The Balaban J connectivity index is 1.62. The molecule has 1 aromatic heterocycles. The van der Waals surface area contributed by atoms with Gasteiger partial charge in [-0.1, -0.05) is 11.6 Å². The summed E-state index contributed by atoms with van der Waals surface area (Å²) in [5.41, 5.74) is 1.92. The third kappa shape index (κ3) is 4.49. The molecule has 1 aromatic carbocycles. The van der Waals surface area contributed by atoms with E-state index in [9.17, 15) is 9.59 Å².